The van der Waals surface area contributed by atoms with E-state index in [0.29, 0.717) is 0 Å². The first kappa shape index (κ1) is 12.8. The highest BCUT2D eigenvalue weighted by Gasteiger charge is 2.10. The molecule has 3 aromatic rings. The third-order valence-corrected chi connectivity index (χ3v) is 3.46. The maximum atomic E-state index is 8.91. The Morgan fingerprint density at radius 3 is 2.85 bits per heavy atom. The van der Waals surface area contributed by atoms with Crippen molar-refractivity contribution < 1.29 is 5.11 Å². The maximum Gasteiger partial charge on any atom is 0.159 e. The molecule has 0 atom stereocenters. The summed E-state index contributed by atoms with van der Waals surface area (Å²) in [4.78, 5) is 9.05. The number of benzene rings is 1. The van der Waals surface area contributed by atoms with E-state index in [1.165, 1.54) is 5.56 Å². The highest BCUT2D eigenvalue weighted by molar-refractivity contribution is 5.80. The standard InChI is InChI=1S/C16H17N3O/c1-19-15-8-7-12(5-4-10-20)11-14(15)18-16(19)13-6-2-3-9-17-13/h2-3,6-9,11,20H,4-5,10H2,1H3. The molecule has 0 spiro atoms. The largest absolute Gasteiger partial charge is 0.396 e. The van der Waals surface area contributed by atoms with Crippen LogP contribution in [0, 0.1) is 0 Å². The van der Waals surface area contributed by atoms with Gasteiger partial charge in [-0.25, -0.2) is 4.98 Å². The first-order chi connectivity index (χ1) is 9.79. The van der Waals surface area contributed by atoms with Gasteiger partial charge in [0.2, 0.25) is 0 Å². The lowest BCUT2D eigenvalue weighted by Crippen LogP contribution is -1.94. The number of aryl methyl sites for hydroxylation is 2. The average Bonchev–Trinajstić information content (AvgIpc) is 2.83. The molecule has 1 aromatic carbocycles. The predicted octanol–water partition coefficient (Wildman–Crippen LogP) is 2.56. The van der Waals surface area contributed by atoms with Gasteiger partial charge in [0, 0.05) is 19.9 Å². The van der Waals surface area contributed by atoms with Crippen molar-refractivity contribution in [3.63, 3.8) is 0 Å². The summed E-state index contributed by atoms with van der Waals surface area (Å²) in [6.07, 6.45) is 3.44. The molecule has 0 fully saturated rings. The fraction of sp³-hybridized carbons (Fsp3) is 0.250. The second-order valence-electron chi connectivity index (χ2n) is 4.86. The lowest BCUT2D eigenvalue weighted by molar-refractivity contribution is 0.288. The molecule has 0 radical (unpaired) electrons. The zero-order valence-corrected chi connectivity index (χ0v) is 11.5. The Kier molecular flexibility index (Phi) is 3.48. The van der Waals surface area contributed by atoms with Crippen molar-refractivity contribution in [2.24, 2.45) is 7.05 Å². The number of aliphatic hydroxyl groups excluding tert-OH is 1. The van der Waals surface area contributed by atoms with Crippen molar-refractivity contribution in [1.29, 1.82) is 0 Å². The van der Waals surface area contributed by atoms with E-state index in [1.807, 2.05) is 25.2 Å². The van der Waals surface area contributed by atoms with Gasteiger partial charge >= 0.3 is 0 Å². The van der Waals surface area contributed by atoms with Crippen molar-refractivity contribution in [3.8, 4) is 11.5 Å². The summed E-state index contributed by atoms with van der Waals surface area (Å²) in [7, 11) is 2.01. The molecule has 20 heavy (non-hydrogen) atoms. The fourth-order valence-electron chi connectivity index (χ4n) is 2.41. The first-order valence-electron chi connectivity index (χ1n) is 6.77. The van der Waals surface area contributed by atoms with E-state index in [4.69, 9.17) is 5.11 Å². The van der Waals surface area contributed by atoms with Gasteiger partial charge in [-0.05, 0) is 42.7 Å². The molecule has 1 N–H and O–H groups in total. The van der Waals surface area contributed by atoms with Crippen molar-refractivity contribution in [1.82, 2.24) is 14.5 Å². The minimum Gasteiger partial charge on any atom is -0.396 e. The fourth-order valence-corrected chi connectivity index (χ4v) is 2.41. The molecule has 4 nitrogen and oxygen atoms in total. The smallest absolute Gasteiger partial charge is 0.159 e. The number of rotatable bonds is 4. The maximum absolute atomic E-state index is 8.91. The van der Waals surface area contributed by atoms with Gasteiger partial charge in [-0.2, -0.15) is 0 Å². The van der Waals surface area contributed by atoms with Crippen molar-refractivity contribution in [3.05, 3.63) is 48.2 Å². The van der Waals surface area contributed by atoms with E-state index < -0.39 is 0 Å². The van der Waals surface area contributed by atoms with E-state index >= 15 is 0 Å². The lowest BCUT2D eigenvalue weighted by Gasteiger charge is -2.01. The average molecular weight is 267 g/mol. The number of nitrogens with zero attached hydrogens (tertiary/aromatic N) is 3. The molecule has 0 aliphatic heterocycles. The summed E-state index contributed by atoms with van der Waals surface area (Å²) < 4.78 is 2.06. The summed E-state index contributed by atoms with van der Waals surface area (Å²) in [6.45, 7) is 0.222. The second kappa shape index (κ2) is 5.43. The molecule has 4 heteroatoms. The van der Waals surface area contributed by atoms with Gasteiger partial charge in [0.05, 0.1) is 11.0 Å². The summed E-state index contributed by atoms with van der Waals surface area (Å²) in [5.74, 6) is 0.875. The van der Waals surface area contributed by atoms with E-state index in [-0.39, 0.29) is 6.61 Å². The molecule has 0 amide bonds. The molecule has 3 rings (SSSR count). The van der Waals surface area contributed by atoms with E-state index in [9.17, 15) is 0 Å². The van der Waals surface area contributed by atoms with Gasteiger partial charge < -0.3 is 9.67 Å². The van der Waals surface area contributed by atoms with E-state index in [2.05, 4.69) is 32.7 Å². The third-order valence-electron chi connectivity index (χ3n) is 3.46. The minimum atomic E-state index is 0.222. The van der Waals surface area contributed by atoms with E-state index in [1.54, 1.807) is 6.20 Å². The summed E-state index contributed by atoms with van der Waals surface area (Å²) in [5.41, 5.74) is 4.15. The van der Waals surface area contributed by atoms with Crippen molar-refractivity contribution >= 4 is 11.0 Å². The Bertz CT molecular complexity index is 719. The number of fused-ring (bicyclic) bond motifs is 1. The molecule has 2 heterocycles. The Labute approximate surface area is 117 Å². The number of pyridine rings is 1. The number of aromatic nitrogens is 3. The van der Waals surface area contributed by atoms with Gasteiger partial charge in [-0.3, -0.25) is 4.98 Å². The van der Waals surface area contributed by atoms with Crippen LogP contribution in [0.25, 0.3) is 22.6 Å². The monoisotopic (exact) mass is 267 g/mol. The summed E-state index contributed by atoms with van der Waals surface area (Å²) in [6, 6.07) is 12.1. The Morgan fingerprint density at radius 1 is 1.20 bits per heavy atom. The SMILES string of the molecule is Cn1c(-c2ccccn2)nc2cc(CCCO)ccc21. The van der Waals surface area contributed by atoms with Gasteiger partial charge in [-0.1, -0.05) is 12.1 Å². The highest BCUT2D eigenvalue weighted by atomic mass is 16.2. The topological polar surface area (TPSA) is 50.9 Å². The molecule has 0 saturated carbocycles. The van der Waals surface area contributed by atoms with Crippen molar-refractivity contribution in [2.45, 2.75) is 12.8 Å². The molecule has 102 valence electrons. The van der Waals surface area contributed by atoms with Crippen molar-refractivity contribution in [2.75, 3.05) is 6.61 Å². The van der Waals surface area contributed by atoms with Crippen LogP contribution in [0.5, 0.6) is 0 Å². The number of aliphatic hydroxyl groups is 1. The zero-order valence-electron chi connectivity index (χ0n) is 11.5. The highest BCUT2D eigenvalue weighted by Crippen LogP contribution is 2.23. The minimum absolute atomic E-state index is 0.222. The summed E-state index contributed by atoms with van der Waals surface area (Å²) in [5, 5.41) is 8.91. The lowest BCUT2D eigenvalue weighted by atomic mass is 10.1. The molecule has 0 aliphatic rings. The van der Waals surface area contributed by atoms with Gasteiger partial charge in [0.25, 0.3) is 0 Å². The molecule has 0 unspecified atom stereocenters. The predicted molar refractivity (Wildman–Crippen MR) is 79.4 cm³/mol. The summed E-state index contributed by atoms with van der Waals surface area (Å²) >= 11 is 0. The van der Waals surface area contributed by atoms with Crippen LogP contribution in [0.4, 0.5) is 0 Å². The normalized spacial score (nSPS) is 11.1. The molecule has 0 saturated heterocycles. The zero-order chi connectivity index (χ0) is 13.9. The quantitative estimate of drug-likeness (QED) is 0.790. The molecule has 2 aromatic heterocycles. The number of imidazole rings is 1. The van der Waals surface area contributed by atoms with Crippen LogP contribution in [-0.2, 0) is 13.5 Å². The number of hydrogen-bond acceptors (Lipinski definition) is 3. The van der Waals surface area contributed by atoms with Crippen LogP contribution < -0.4 is 0 Å². The first-order valence-corrected chi connectivity index (χ1v) is 6.77. The Hall–Kier alpha value is -2.20. The molecular weight excluding hydrogens is 250 g/mol. The molecular formula is C16H17N3O. The molecule has 0 bridgehead atoms. The second-order valence-corrected chi connectivity index (χ2v) is 4.86. The van der Waals surface area contributed by atoms with Crippen LogP contribution >= 0.6 is 0 Å². The van der Waals surface area contributed by atoms with Crippen LogP contribution in [0.3, 0.4) is 0 Å². The van der Waals surface area contributed by atoms with Crippen LogP contribution in [0.1, 0.15) is 12.0 Å². The van der Waals surface area contributed by atoms with Gasteiger partial charge in [0.1, 0.15) is 5.69 Å². The Balaban J connectivity index is 2.05. The van der Waals surface area contributed by atoms with Gasteiger partial charge in [0.15, 0.2) is 5.82 Å². The van der Waals surface area contributed by atoms with Crippen LogP contribution in [0.15, 0.2) is 42.6 Å². The third kappa shape index (κ3) is 2.30. The number of hydrogen-bond donors (Lipinski definition) is 1. The Morgan fingerprint density at radius 2 is 2.10 bits per heavy atom. The molecule has 0 aliphatic carbocycles. The van der Waals surface area contributed by atoms with Gasteiger partial charge in [-0.15, -0.1) is 0 Å². The van der Waals surface area contributed by atoms with Crippen LogP contribution in [0.2, 0.25) is 0 Å². The van der Waals surface area contributed by atoms with Crippen LogP contribution in [-0.4, -0.2) is 26.2 Å². The van der Waals surface area contributed by atoms with E-state index in [0.717, 1.165) is 35.4 Å².